The molecule has 1 amide bonds. The van der Waals surface area contributed by atoms with Crippen LogP contribution in [0, 0.1) is 11.3 Å². The molecule has 1 atom stereocenters. The average Bonchev–Trinajstić information content (AvgIpc) is 3.16. The molecule has 1 aromatic carbocycles. The normalized spacial score (nSPS) is 21.0. The summed E-state index contributed by atoms with van der Waals surface area (Å²) in [5.41, 5.74) is 1.98. The number of benzene rings is 1. The lowest BCUT2D eigenvalue weighted by Gasteiger charge is -2.48. The van der Waals surface area contributed by atoms with E-state index in [1.807, 2.05) is 29.1 Å². The molecule has 0 spiro atoms. The van der Waals surface area contributed by atoms with Crippen LogP contribution in [0.2, 0.25) is 0 Å². The Bertz CT molecular complexity index is 745. The number of carbonyl (C=O) groups is 1. The second-order valence-corrected chi connectivity index (χ2v) is 7.74. The smallest absolute Gasteiger partial charge is 0.226 e. The standard InChI is InChI=1S/C21H28N4O/c1-16(18-6-2-3-7-19(18)25-15-5-12-23-25)24-20(26)21(10-4-11-21)17-8-13-22-14-9-17/h2-3,5-7,12,15-17,22H,4,8-11,13-14H2,1H3,(H,24,26). The van der Waals surface area contributed by atoms with Crippen molar-refractivity contribution >= 4 is 5.91 Å². The highest BCUT2D eigenvalue weighted by molar-refractivity contribution is 5.84. The second kappa shape index (κ2) is 7.23. The molecular formula is C21H28N4O. The highest BCUT2D eigenvalue weighted by Crippen LogP contribution is 2.50. The first-order valence-corrected chi connectivity index (χ1v) is 9.81. The van der Waals surface area contributed by atoms with E-state index in [-0.39, 0.29) is 17.4 Å². The molecule has 2 aliphatic rings. The quantitative estimate of drug-likeness (QED) is 0.869. The minimum Gasteiger partial charge on any atom is -0.349 e. The van der Waals surface area contributed by atoms with E-state index < -0.39 is 0 Å². The number of hydrogen-bond donors (Lipinski definition) is 2. The topological polar surface area (TPSA) is 59.0 Å². The number of carbonyl (C=O) groups excluding carboxylic acids is 1. The van der Waals surface area contributed by atoms with Crippen LogP contribution in [0.1, 0.15) is 50.6 Å². The summed E-state index contributed by atoms with van der Waals surface area (Å²) >= 11 is 0. The third kappa shape index (κ3) is 3.05. The van der Waals surface area contributed by atoms with Gasteiger partial charge in [0.25, 0.3) is 0 Å². The molecule has 2 fully saturated rings. The summed E-state index contributed by atoms with van der Waals surface area (Å²) < 4.78 is 1.86. The predicted molar refractivity (Wildman–Crippen MR) is 102 cm³/mol. The molecule has 0 radical (unpaired) electrons. The maximum absolute atomic E-state index is 13.3. The van der Waals surface area contributed by atoms with Gasteiger partial charge in [0.05, 0.1) is 17.1 Å². The van der Waals surface area contributed by atoms with Crippen molar-refractivity contribution in [1.29, 1.82) is 0 Å². The van der Waals surface area contributed by atoms with E-state index >= 15 is 0 Å². The monoisotopic (exact) mass is 352 g/mol. The van der Waals surface area contributed by atoms with E-state index in [1.165, 1.54) is 6.42 Å². The molecule has 1 aliphatic carbocycles. The van der Waals surface area contributed by atoms with Gasteiger partial charge in [-0.15, -0.1) is 0 Å². The van der Waals surface area contributed by atoms with Crippen molar-refractivity contribution in [1.82, 2.24) is 20.4 Å². The number of nitrogens with one attached hydrogen (secondary N) is 2. The first-order valence-electron chi connectivity index (χ1n) is 9.81. The summed E-state index contributed by atoms with van der Waals surface area (Å²) in [5.74, 6) is 0.768. The summed E-state index contributed by atoms with van der Waals surface area (Å²) in [7, 11) is 0. The van der Waals surface area contributed by atoms with E-state index in [0.29, 0.717) is 5.92 Å². The zero-order valence-electron chi connectivity index (χ0n) is 15.4. The molecule has 2 heterocycles. The number of para-hydroxylation sites is 1. The third-order valence-corrected chi connectivity index (χ3v) is 6.32. The fourth-order valence-corrected chi connectivity index (χ4v) is 4.64. The number of piperidine rings is 1. The minimum absolute atomic E-state index is 0.0397. The Labute approximate surface area is 155 Å². The molecule has 1 aliphatic heterocycles. The second-order valence-electron chi connectivity index (χ2n) is 7.74. The van der Waals surface area contributed by atoms with Gasteiger partial charge >= 0.3 is 0 Å². The van der Waals surface area contributed by atoms with Gasteiger partial charge in [-0.25, -0.2) is 4.68 Å². The van der Waals surface area contributed by atoms with Gasteiger partial charge in [0.2, 0.25) is 5.91 Å². The van der Waals surface area contributed by atoms with Crippen LogP contribution in [0.15, 0.2) is 42.7 Å². The fourth-order valence-electron chi connectivity index (χ4n) is 4.64. The van der Waals surface area contributed by atoms with Crippen LogP contribution in [0.3, 0.4) is 0 Å². The number of aromatic nitrogens is 2. The molecular weight excluding hydrogens is 324 g/mol. The molecule has 5 nitrogen and oxygen atoms in total. The molecule has 1 unspecified atom stereocenters. The lowest BCUT2D eigenvalue weighted by molar-refractivity contribution is -0.142. The lowest BCUT2D eigenvalue weighted by atomic mass is 9.58. The van der Waals surface area contributed by atoms with Gasteiger partial charge < -0.3 is 10.6 Å². The molecule has 5 heteroatoms. The van der Waals surface area contributed by atoms with Crippen LogP contribution in [-0.2, 0) is 4.79 Å². The van der Waals surface area contributed by atoms with Gasteiger partial charge in [-0.05, 0) is 69.3 Å². The Hall–Kier alpha value is -2.14. The van der Waals surface area contributed by atoms with Crippen molar-refractivity contribution < 1.29 is 4.79 Å². The van der Waals surface area contributed by atoms with Gasteiger partial charge in [-0.1, -0.05) is 24.6 Å². The SMILES string of the molecule is CC(NC(=O)C1(C2CCNCC2)CCC1)c1ccccc1-n1cccn1. The van der Waals surface area contributed by atoms with Crippen molar-refractivity contribution in [3.05, 3.63) is 48.3 Å². The van der Waals surface area contributed by atoms with Crippen LogP contribution < -0.4 is 10.6 Å². The number of hydrogen-bond acceptors (Lipinski definition) is 3. The molecule has 0 bridgehead atoms. The molecule has 4 rings (SSSR count). The van der Waals surface area contributed by atoms with Crippen molar-refractivity contribution in [2.45, 2.75) is 45.1 Å². The number of rotatable bonds is 5. The lowest BCUT2D eigenvalue weighted by Crippen LogP contribution is -2.53. The van der Waals surface area contributed by atoms with E-state index in [4.69, 9.17) is 0 Å². The maximum atomic E-state index is 13.3. The summed E-state index contributed by atoms with van der Waals surface area (Å²) in [5, 5.41) is 11.1. The van der Waals surface area contributed by atoms with E-state index in [1.54, 1.807) is 6.20 Å². The van der Waals surface area contributed by atoms with E-state index in [0.717, 1.165) is 50.0 Å². The van der Waals surface area contributed by atoms with Crippen LogP contribution in [0.4, 0.5) is 0 Å². The molecule has 2 N–H and O–H groups in total. The van der Waals surface area contributed by atoms with Crippen LogP contribution in [0.25, 0.3) is 5.69 Å². The zero-order chi connectivity index (χ0) is 18.0. The Morgan fingerprint density at radius 3 is 2.69 bits per heavy atom. The van der Waals surface area contributed by atoms with Gasteiger partial charge in [0.15, 0.2) is 0 Å². The van der Waals surface area contributed by atoms with Crippen molar-refractivity contribution in [3.63, 3.8) is 0 Å². The largest absolute Gasteiger partial charge is 0.349 e. The molecule has 1 saturated carbocycles. The summed E-state index contributed by atoms with van der Waals surface area (Å²) in [6.07, 6.45) is 9.21. The van der Waals surface area contributed by atoms with Crippen molar-refractivity contribution in [2.75, 3.05) is 13.1 Å². The Morgan fingerprint density at radius 2 is 2.04 bits per heavy atom. The van der Waals surface area contributed by atoms with Gasteiger partial charge in [0.1, 0.15) is 0 Å². The zero-order valence-corrected chi connectivity index (χ0v) is 15.4. The first-order chi connectivity index (χ1) is 12.7. The fraction of sp³-hybridized carbons (Fsp3) is 0.524. The van der Waals surface area contributed by atoms with E-state index in [9.17, 15) is 4.79 Å². The average molecular weight is 352 g/mol. The van der Waals surface area contributed by atoms with E-state index in [2.05, 4.69) is 34.8 Å². The Kier molecular flexibility index (Phi) is 4.81. The predicted octanol–water partition coefficient (Wildman–Crippen LogP) is 3.22. The van der Waals surface area contributed by atoms with Gasteiger partial charge in [-0.3, -0.25) is 4.79 Å². The van der Waals surface area contributed by atoms with Crippen LogP contribution in [0.5, 0.6) is 0 Å². The Balaban J connectivity index is 1.53. The molecule has 1 saturated heterocycles. The maximum Gasteiger partial charge on any atom is 0.226 e. The third-order valence-electron chi connectivity index (χ3n) is 6.32. The molecule has 1 aromatic heterocycles. The van der Waals surface area contributed by atoms with Gasteiger partial charge in [-0.2, -0.15) is 5.10 Å². The van der Waals surface area contributed by atoms with Gasteiger partial charge in [0, 0.05) is 12.4 Å². The minimum atomic E-state index is -0.142. The molecule has 26 heavy (non-hydrogen) atoms. The van der Waals surface area contributed by atoms with Crippen molar-refractivity contribution in [2.24, 2.45) is 11.3 Å². The number of amides is 1. The molecule has 138 valence electrons. The van der Waals surface area contributed by atoms with Crippen molar-refractivity contribution in [3.8, 4) is 5.69 Å². The highest BCUT2D eigenvalue weighted by atomic mass is 16.2. The molecule has 2 aromatic rings. The number of nitrogens with zero attached hydrogens (tertiary/aromatic N) is 2. The first kappa shape index (κ1) is 17.3. The van der Waals surface area contributed by atoms with Crippen LogP contribution >= 0.6 is 0 Å². The summed E-state index contributed by atoms with van der Waals surface area (Å²) in [4.78, 5) is 13.3. The highest BCUT2D eigenvalue weighted by Gasteiger charge is 2.50. The summed E-state index contributed by atoms with van der Waals surface area (Å²) in [6, 6.07) is 10.0. The Morgan fingerprint density at radius 1 is 1.27 bits per heavy atom. The summed E-state index contributed by atoms with van der Waals surface area (Å²) in [6.45, 7) is 4.16. The van der Waals surface area contributed by atoms with Crippen LogP contribution in [-0.4, -0.2) is 28.8 Å².